The zero-order valence-corrected chi connectivity index (χ0v) is 19.9. The lowest BCUT2D eigenvalue weighted by Gasteiger charge is -2.23. The summed E-state index contributed by atoms with van der Waals surface area (Å²) in [7, 11) is 0. The molecule has 174 valence electrons. The van der Waals surface area contributed by atoms with E-state index in [2.05, 4.69) is 70.3 Å². The van der Waals surface area contributed by atoms with Gasteiger partial charge in [0.05, 0.1) is 0 Å². The molecular weight excluding hydrogens is 370 g/mol. The summed E-state index contributed by atoms with van der Waals surface area (Å²) in [4.78, 5) is 2.62. The van der Waals surface area contributed by atoms with Gasteiger partial charge in [-0.1, -0.05) is 44.2 Å². The maximum absolute atomic E-state index is 3.61. The molecule has 30 heavy (non-hydrogen) atoms. The highest BCUT2D eigenvalue weighted by molar-refractivity contribution is 5.14. The van der Waals surface area contributed by atoms with Crippen molar-refractivity contribution in [1.29, 1.82) is 0 Å². The summed E-state index contributed by atoms with van der Waals surface area (Å²) < 4.78 is 0. The molecule has 0 amide bonds. The van der Waals surface area contributed by atoms with Crippen molar-refractivity contribution in [3.05, 3.63) is 35.9 Å². The average molecular weight is 420 g/mol. The van der Waals surface area contributed by atoms with E-state index in [1.165, 1.54) is 57.2 Å². The Bertz CT molecular complexity index is 432. The van der Waals surface area contributed by atoms with Crippen molar-refractivity contribution in [3.8, 4) is 0 Å². The number of nitrogens with one attached hydrogen (secondary N) is 4. The minimum Gasteiger partial charge on any atom is -0.317 e. The van der Waals surface area contributed by atoms with Gasteiger partial charge in [0.25, 0.3) is 0 Å². The number of nitrogens with zero attached hydrogens (tertiary/aromatic N) is 1. The van der Waals surface area contributed by atoms with Crippen molar-refractivity contribution in [3.63, 3.8) is 0 Å². The number of hydrogen-bond donors (Lipinski definition) is 4. The third-order valence-electron chi connectivity index (χ3n) is 5.32. The van der Waals surface area contributed by atoms with Crippen LogP contribution >= 0.6 is 0 Å². The first-order valence-corrected chi connectivity index (χ1v) is 12.5. The first-order chi connectivity index (χ1) is 14.9. The molecule has 0 fully saturated rings. The molecule has 0 bridgehead atoms. The van der Waals surface area contributed by atoms with E-state index < -0.39 is 0 Å². The van der Waals surface area contributed by atoms with Gasteiger partial charge in [-0.05, 0) is 110 Å². The summed E-state index contributed by atoms with van der Waals surface area (Å²) in [5.41, 5.74) is 1.42. The molecule has 0 atom stereocenters. The lowest BCUT2D eigenvalue weighted by Crippen LogP contribution is -2.30. The Morgan fingerprint density at radius 3 is 1.47 bits per heavy atom. The predicted octanol–water partition coefficient (Wildman–Crippen LogP) is 3.23. The molecule has 0 saturated heterocycles. The van der Waals surface area contributed by atoms with Gasteiger partial charge in [-0.2, -0.15) is 0 Å². The van der Waals surface area contributed by atoms with Crippen molar-refractivity contribution in [1.82, 2.24) is 26.2 Å². The molecule has 0 heterocycles. The second kappa shape index (κ2) is 21.3. The fourth-order valence-electron chi connectivity index (χ4n) is 3.57. The standard InChI is InChI=1S/C25H49N5/c1-3-26-16-8-10-18-28-20-12-22-30(24-25-14-6-5-7-15-25)23-13-21-29-19-11-9-17-27-4-2/h5-7,14-15,26-29H,3-4,8-13,16-24H2,1-2H3. The van der Waals surface area contributed by atoms with Gasteiger partial charge >= 0.3 is 0 Å². The van der Waals surface area contributed by atoms with Crippen LogP contribution in [0.5, 0.6) is 0 Å². The van der Waals surface area contributed by atoms with Crippen LogP contribution in [-0.4, -0.2) is 70.3 Å². The number of hydrogen-bond acceptors (Lipinski definition) is 5. The lowest BCUT2D eigenvalue weighted by atomic mass is 10.2. The Kier molecular flexibility index (Phi) is 19.2. The Balaban J connectivity index is 2.14. The maximum atomic E-state index is 3.61. The van der Waals surface area contributed by atoms with Gasteiger partial charge in [-0.3, -0.25) is 4.90 Å². The van der Waals surface area contributed by atoms with Crippen molar-refractivity contribution >= 4 is 0 Å². The van der Waals surface area contributed by atoms with Gasteiger partial charge in [-0.25, -0.2) is 0 Å². The fourth-order valence-corrected chi connectivity index (χ4v) is 3.57. The van der Waals surface area contributed by atoms with Gasteiger partial charge in [0, 0.05) is 6.54 Å². The maximum Gasteiger partial charge on any atom is 0.0233 e. The number of unbranched alkanes of at least 4 members (excludes halogenated alkanes) is 2. The molecule has 4 N–H and O–H groups in total. The van der Waals surface area contributed by atoms with Crippen molar-refractivity contribution in [2.24, 2.45) is 0 Å². The van der Waals surface area contributed by atoms with Crippen LogP contribution in [0.4, 0.5) is 0 Å². The Labute approximate surface area is 186 Å². The highest BCUT2D eigenvalue weighted by Gasteiger charge is 2.06. The highest BCUT2D eigenvalue weighted by Crippen LogP contribution is 2.06. The van der Waals surface area contributed by atoms with Crippen LogP contribution < -0.4 is 21.3 Å². The third kappa shape index (κ3) is 16.8. The first kappa shape index (κ1) is 27.1. The third-order valence-corrected chi connectivity index (χ3v) is 5.32. The molecule has 5 nitrogen and oxygen atoms in total. The van der Waals surface area contributed by atoms with E-state index in [9.17, 15) is 0 Å². The topological polar surface area (TPSA) is 51.4 Å². The molecular formula is C25H49N5. The van der Waals surface area contributed by atoms with Crippen LogP contribution in [0.2, 0.25) is 0 Å². The first-order valence-electron chi connectivity index (χ1n) is 12.5. The molecule has 0 aliphatic carbocycles. The molecule has 0 saturated carbocycles. The van der Waals surface area contributed by atoms with Gasteiger partial charge in [0.1, 0.15) is 0 Å². The summed E-state index contributed by atoms with van der Waals surface area (Å²) in [5.74, 6) is 0. The van der Waals surface area contributed by atoms with Gasteiger partial charge in [0.15, 0.2) is 0 Å². The number of benzene rings is 1. The van der Waals surface area contributed by atoms with Gasteiger partial charge in [-0.15, -0.1) is 0 Å². The Morgan fingerprint density at radius 1 is 0.567 bits per heavy atom. The molecule has 0 aliphatic heterocycles. The molecule has 1 aromatic rings. The second-order valence-corrected chi connectivity index (χ2v) is 8.09. The molecule has 0 unspecified atom stereocenters. The van der Waals surface area contributed by atoms with Gasteiger partial charge in [0.2, 0.25) is 0 Å². The summed E-state index contributed by atoms with van der Waals surface area (Å²) in [6, 6.07) is 10.9. The van der Waals surface area contributed by atoms with Crippen molar-refractivity contribution in [2.75, 3.05) is 65.4 Å². The quantitative estimate of drug-likeness (QED) is 0.217. The van der Waals surface area contributed by atoms with Crippen LogP contribution in [-0.2, 0) is 6.54 Å². The zero-order valence-electron chi connectivity index (χ0n) is 19.9. The smallest absolute Gasteiger partial charge is 0.0233 e. The summed E-state index contributed by atoms with van der Waals surface area (Å²) in [5, 5.41) is 14.0. The highest BCUT2D eigenvalue weighted by atomic mass is 15.1. The SMILES string of the molecule is CCNCCCCNCCCN(CCCNCCCCNCC)Cc1ccccc1. The molecule has 1 aromatic carbocycles. The van der Waals surface area contributed by atoms with E-state index in [0.717, 1.165) is 58.9 Å². The number of rotatable bonds is 22. The van der Waals surface area contributed by atoms with Crippen molar-refractivity contribution < 1.29 is 0 Å². The van der Waals surface area contributed by atoms with Crippen LogP contribution in [0.25, 0.3) is 0 Å². The zero-order chi connectivity index (χ0) is 21.5. The van der Waals surface area contributed by atoms with Crippen LogP contribution in [0.3, 0.4) is 0 Å². The van der Waals surface area contributed by atoms with E-state index in [1.807, 2.05) is 0 Å². The lowest BCUT2D eigenvalue weighted by molar-refractivity contribution is 0.256. The van der Waals surface area contributed by atoms with E-state index in [-0.39, 0.29) is 0 Å². The average Bonchev–Trinajstić information content (AvgIpc) is 2.77. The molecule has 0 aromatic heterocycles. The van der Waals surface area contributed by atoms with Crippen molar-refractivity contribution in [2.45, 2.75) is 58.9 Å². The minimum atomic E-state index is 1.06. The largest absolute Gasteiger partial charge is 0.317 e. The summed E-state index contributed by atoms with van der Waals surface area (Å²) >= 11 is 0. The normalized spacial score (nSPS) is 11.4. The molecule has 0 aliphatic rings. The Morgan fingerprint density at radius 2 is 1.00 bits per heavy atom. The summed E-state index contributed by atoms with van der Waals surface area (Å²) in [6.45, 7) is 16.7. The van der Waals surface area contributed by atoms with Crippen LogP contribution in [0, 0.1) is 0 Å². The minimum absolute atomic E-state index is 1.06. The van der Waals surface area contributed by atoms with E-state index in [4.69, 9.17) is 0 Å². The Hall–Kier alpha value is -0.980. The predicted molar refractivity (Wildman–Crippen MR) is 132 cm³/mol. The van der Waals surface area contributed by atoms with E-state index >= 15 is 0 Å². The van der Waals surface area contributed by atoms with E-state index in [0.29, 0.717) is 0 Å². The van der Waals surface area contributed by atoms with Crippen LogP contribution in [0.15, 0.2) is 30.3 Å². The van der Waals surface area contributed by atoms with Gasteiger partial charge < -0.3 is 21.3 Å². The monoisotopic (exact) mass is 419 g/mol. The fraction of sp³-hybridized carbons (Fsp3) is 0.760. The molecule has 5 heteroatoms. The molecule has 1 rings (SSSR count). The molecule has 0 spiro atoms. The second-order valence-electron chi connectivity index (χ2n) is 8.09. The summed E-state index contributed by atoms with van der Waals surface area (Å²) in [6.07, 6.45) is 7.50. The van der Waals surface area contributed by atoms with Crippen LogP contribution in [0.1, 0.15) is 57.9 Å². The van der Waals surface area contributed by atoms with E-state index in [1.54, 1.807) is 0 Å². The molecule has 0 radical (unpaired) electrons.